The molecule has 0 aliphatic heterocycles. The summed E-state index contributed by atoms with van der Waals surface area (Å²) in [6.07, 6.45) is 2.91. The molecule has 0 aliphatic rings. The number of aryl methyl sites for hydroxylation is 2. The second-order valence-electron chi connectivity index (χ2n) is 7.00. The van der Waals surface area contributed by atoms with Crippen LogP contribution in [0.1, 0.15) is 33.1 Å². The van der Waals surface area contributed by atoms with E-state index in [2.05, 4.69) is 4.72 Å². The van der Waals surface area contributed by atoms with E-state index in [0.29, 0.717) is 21.8 Å². The summed E-state index contributed by atoms with van der Waals surface area (Å²) in [7, 11) is -1.80. The molecule has 0 aliphatic carbocycles. The van der Waals surface area contributed by atoms with Gasteiger partial charge in [-0.25, -0.2) is 8.42 Å². The summed E-state index contributed by atoms with van der Waals surface area (Å²) < 4.78 is 28.0. The number of sulfonamides is 1. The Hall–Kier alpha value is -2.77. The van der Waals surface area contributed by atoms with Crippen molar-refractivity contribution in [2.45, 2.75) is 12.8 Å². The van der Waals surface area contributed by atoms with Gasteiger partial charge in [-0.3, -0.25) is 9.52 Å². The van der Waals surface area contributed by atoms with Crippen LogP contribution in [-0.2, 0) is 17.1 Å². The molecule has 3 aromatic rings. The quantitative estimate of drug-likeness (QED) is 0.574. The number of hydrogen-bond donors (Lipinski definition) is 2. The molecule has 2 aromatic carbocycles. The van der Waals surface area contributed by atoms with Gasteiger partial charge in [-0.1, -0.05) is 17.7 Å². The van der Waals surface area contributed by atoms with Crippen LogP contribution in [0.3, 0.4) is 0 Å². The monoisotopic (exact) mass is 432 g/mol. The number of phenols is 1. The SMILES string of the molecule is Cc1cc(C(C(=O)c2ccc(Cl)cc2)c2ccc(O)cc2NS(C)(=O)=O)n(C)c1. The molecule has 1 heterocycles. The Balaban J connectivity index is 2.23. The van der Waals surface area contributed by atoms with E-state index in [4.69, 9.17) is 11.6 Å². The average molecular weight is 433 g/mol. The number of Topliss-reactive ketones (excluding diaryl/α,β-unsaturated/α-hetero) is 1. The van der Waals surface area contributed by atoms with Crippen molar-refractivity contribution in [3.05, 3.63) is 82.1 Å². The number of anilines is 1. The maximum absolute atomic E-state index is 13.5. The van der Waals surface area contributed by atoms with Crippen LogP contribution in [0.4, 0.5) is 5.69 Å². The first-order valence-corrected chi connectivity index (χ1v) is 11.1. The van der Waals surface area contributed by atoms with E-state index in [1.807, 2.05) is 30.8 Å². The second-order valence-corrected chi connectivity index (χ2v) is 9.19. The van der Waals surface area contributed by atoms with Crippen molar-refractivity contribution < 1.29 is 18.3 Å². The zero-order valence-corrected chi connectivity index (χ0v) is 17.8. The smallest absolute Gasteiger partial charge is 0.229 e. The summed E-state index contributed by atoms with van der Waals surface area (Å²) in [5, 5.41) is 10.4. The van der Waals surface area contributed by atoms with Gasteiger partial charge in [0.15, 0.2) is 5.78 Å². The van der Waals surface area contributed by atoms with Crippen LogP contribution in [0.15, 0.2) is 54.7 Å². The molecule has 2 N–H and O–H groups in total. The fourth-order valence-electron chi connectivity index (χ4n) is 3.34. The van der Waals surface area contributed by atoms with Crippen LogP contribution >= 0.6 is 11.6 Å². The summed E-state index contributed by atoms with van der Waals surface area (Å²) in [6, 6.07) is 12.7. The molecule has 152 valence electrons. The summed E-state index contributed by atoms with van der Waals surface area (Å²) in [6.45, 7) is 1.92. The highest BCUT2D eigenvalue weighted by molar-refractivity contribution is 7.92. The number of aromatic nitrogens is 1. The number of carbonyl (C=O) groups is 1. The average Bonchev–Trinajstić information content (AvgIpc) is 2.94. The van der Waals surface area contributed by atoms with Crippen LogP contribution in [0, 0.1) is 6.92 Å². The van der Waals surface area contributed by atoms with Gasteiger partial charge < -0.3 is 9.67 Å². The zero-order chi connectivity index (χ0) is 21.3. The third-order valence-corrected chi connectivity index (χ3v) is 5.35. The maximum Gasteiger partial charge on any atom is 0.229 e. The highest BCUT2D eigenvalue weighted by atomic mass is 35.5. The van der Waals surface area contributed by atoms with Crippen molar-refractivity contribution in [2.75, 3.05) is 11.0 Å². The molecule has 8 heteroatoms. The number of carbonyl (C=O) groups excluding carboxylic acids is 1. The number of benzene rings is 2. The van der Waals surface area contributed by atoms with E-state index < -0.39 is 15.9 Å². The topological polar surface area (TPSA) is 88.4 Å². The lowest BCUT2D eigenvalue weighted by Crippen LogP contribution is -2.20. The van der Waals surface area contributed by atoms with Crippen molar-refractivity contribution in [2.24, 2.45) is 7.05 Å². The zero-order valence-electron chi connectivity index (χ0n) is 16.2. The summed E-state index contributed by atoms with van der Waals surface area (Å²) >= 11 is 5.95. The van der Waals surface area contributed by atoms with E-state index >= 15 is 0 Å². The van der Waals surface area contributed by atoms with Gasteiger partial charge in [-0.2, -0.15) is 0 Å². The molecule has 0 saturated carbocycles. The number of nitrogens with one attached hydrogen (secondary N) is 1. The molecule has 0 saturated heterocycles. The number of aromatic hydroxyl groups is 1. The third kappa shape index (κ3) is 4.81. The Morgan fingerprint density at radius 3 is 2.34 bits per heavy atom. The van der Waals surface area contributed by atoms with Crippen LogP contribution in [0.5, 0.6) is 5.75 Å². The molecular formula is C21H21ClN2O4S. The Morgan fingerprint density at radius 1 is 1.14 bits per heavy atom. The summed E-state index contributed by atoms with van der Waals surface area (Å²) in [5.41, 5.74) is 2.70. The van der Waals surface area contributed by atoms with Crippen LogP contribution < -0.4 is 4.72 Å². The van der Waals surface area contributed by atoms with E-state index in [9.17, 15) is 18.3 Å². The van der Waals surface area contributed by atoms with Crippen LogP contribution in [0.25, 0.3) is 0 Å². The minimum Gasteiger partial charge on any atom is -0.508 e. The van der Waals surface area contributed by atoms with E-state index in [1.54, 1.807) is 30.3 Å². The molecule has 1 aromatic heterocycles. The van der Waals surface area contributed by atoms with Gasteiger partial charge >= 0.3 is 0 Å². The van der Waals surface area contributed by atoms with E-state index in [0.717, 1.165) is 11.8 Å². The molecule has 1 unspecified atom stereocenters. The standard InChI is InChI=1S/C21H21ClN2O4S/c1-13-10-19(24(2)12-13)20(21(26)14-4-6-15(22)7-5-14)17-9-8-16(25)11-18(17)23-29(3,27)28/h4-12,20,23,25H,1-3H3. The van der Waals surface area contributed by atoms with Gasteiger partial charge in [-0.15, -0.1) is 0 Å². The first-order chi connectivity index (χ1) is 13.5. The van der Waals surface area contributed by atoms with Gasteiger partial charge in [0.25, 0.3) is 0 Å². The van der Waals surface area contributed by atoms with Gasteiger partial charge in [0, 0.05) is 35.6 Å². The van der Waals surface area contributed by atoms with Crippen LogP contribution in [0.2, 0.25) is 5.02 Å². The fourth-order valence-corrected chi connectivity index (χ4v) is 4.04. The highest BCUT2D eigenvalue weighted by Crippen LogP contribution is 2.36. The number of rotatable bonds is 6. The number of halogens is 1. The molecule has 0 spiro atoms. The molecule has 3 rings (SSSR count). The van der Waals surface area contributed by atoms with Gasteiger partial charge in [0.05, 0.1) is 17.9 Å². The van der Waals surface area contributed by atoms with Crippen molar-refractivity contribution >= 4 is 33.1 Å². The maximum atomic E-state index is 13.5. The fraction of sp³-hybridized carbons (Fsp3) is 0.190. The van der Waals surface area contributed by atoms with Crippen LogP contribution in [-0.4, -0.2) is 30.1 Å². The highest BCUT2D eigenvalue weighted by Gasteiger charge is 2.29. The minimum atomic E-state index is -3.63. The van der Waals surface area contributed by atoms with Gasteiger partial charge in [-0.05, 0) is 54.4 Å². The molecule has 6 nitrogen and oxygen atoms in total. The first kappa shape index (κ1) is 21.0. The largest absolute Gasteiger partial charge is 0.508 e. The summed E-state index contributed by atoms with van der Waals surface area (Å²) in [5.74, 6) is -1.12. The Bertz CT molecular complexity index is 1170. The lowest BCUT2D eigenvalue weighted by Gasteiger charge is -2.21. The normalized spacial score (nSPS) is 12.6. The molecule has 29 heavy (non-hydrogen) atoms. The van der Waals surface area contributed by atoms with Crippen molar-refractivity contribution in [3.8, 4) is 5.75 Å². The minimum absolute atomic E-state index is 0.111. The van der Waals surface area contributed by atoms with Crippen molar-refractivity contribution in [3.63, 3.8) is 0 Å². The predicted molar refractivity (Wildman–Crippen MR) is 114 cm³/mol. The number of ketones is 1. The Kier molecular flexibility index (Phi) is 5.73. The second kappa shape index (κ2) is 7.93. The predicted octanol–water partition coefficient (Wildman–Crippen LogP) is 4.08. The number of nitrogens with zero attached hydrogens (tertiary/aromatic N) is 1. The molecule has 0 bridgehead atoms. The first-order valence-electron chi connectivity index (χ1n) is 8.78. The van der Waals surface area contributed by atoms with E-state index in [-0.39, 0.29) is 17.2 Å². The molecule has 1 atom stereocenters. The number of hydrogen-bond acceptors (Lipinski definition) is 4. The van der Waals surface area contributed by atoms with Crippen molar-refractivity contribution in [1.29, 1.82) is 0 Å². The summed E-state index contributed by atoms with van der Waals surface area (Å²) in [4.78, 5) is 13.5. The molecule has 0 radical (unpaired) electrons. The number of phenolic OH excluding ortho intramolecular Hbond substituents is 1. The Morgan fingerprint density at radius 2 is 1.79 bits per heavy atom. The lowest BCUT2D eigenvalue weighted by atomic mass is 9.86. The lowest BCUT2D eigenvalue weighted by molar-refractivity contribution is 0.0971. The molecule has 0 amide bonds. The third-order valence-electron chi connectivity index (χ3n) is 4.51. The Labute approximate surface area is 174 Å². The van der Waals surface area contributed by atoms with Gasteiger partial charge in [0.2, 0.25) is 10.0 Å². The van der Waals surface area contributed by atoms with Gasteiger partial charge in [0.1, 0.15) is 5.75 Å². The van der Waals surface area contributed by atoms with Crippen molar-refractivity contribution in [1.82, 2.24) is 4.57 Å². The van der Waals surface area contributed by atoms with E-state index in [1.165, 1.54) is 12.1 Å². The molecule has 0 fully saturated rings. The molecular weight excluding hydrogens is 412 g/mol.